The molecule has 1 fully saturated rings. The standard InChI is InChI=1S/C25H31ClN4O5S/c1-17-14-21(27-15-22(32)16-31)7-4-18(17)8-13-36(34,35)30-11-9-25(10-12-30)24(33)28-23(29-25)19-2-5-20(26)6-3-19/h2-7,14,22,27,31-32H,8-13,15-16H2,1H3,(H,28,29,33)/t22-/m0/s1. The Morgan fingerprint density at radius 2 is 1.89 bits per heavy atom. The number of hydrogen-bond acceptors (Lipinski definition) is 7. The second-order valence-corrected chi connectivity index (χ2v) is 11.8. The average molecular weight is 535 g/mol. The van der Waals surface area contributed by atoms with Crippen molar-refractivity contribution < 1.29 is 23.4 Å². The second kappa shape index (κ2) is 10.9. The molecule has 2 aromatic carbocycles. The van der Waals surface area contributed by atoms with Crippen molar-refractivity contribution in [3.63, 3.8) is 0 Å². The summed E-state index contributed by atoms with van der Waals surface area (Å²) in [5.74, 6) is 0.273. The van der Waals surface area contributed by atoms with Crippen molar-refractivity contribution in [3.05, 3.63) is 64.2 Å². The number of sulfonamides is 1. The number of nitrogens with one attached hydrogen (secondary N) is 2. The van der Waals surface area contributed by atoms with E-state index < -0.39 is 21.7 Å². The molecule has 1 spiro atoms. The van der Waals surface area contributed by atoms with E-state index in [1.54, 1.807) is 24.3 Å². The van der Waals surface area contributed by atoms with Gasteiger partial charge in [-0.25, -0.2) is 12.7 Å². The van der Waals surface area contributed by atoms with Gasteiger partial charge in [0.1, 0.15) is 11.4 Å². The Morgan fingerprint density at radius 1 is 1.19 bits per heavy atom. The third-order valence-corrected chi connectivity index (χ3v) is 8.89. The van der Waals surface area contributed by atoms with Gasteiger partial charge in [0.05, 0.1) is 18.5 Å². The van der Waals surface area contributed by atoms with Crippen LogP contribution in [0.5, 0.6) is 0 Å². The molecule has 9 nitrogen and oxygen atoms in total. The van der Waals surface area contributed by atoms with E-state index in [9.17, 15) is 18.3 Å². The molecule has 0 aliphatic carbocycles. The maximum atomic E-state index is 13.1. The quantitative estimate of drug-likeness (QED) is 0.387. The minimum Gasteiger partial charge on any atom is -0.394 e. The highest BCUT2D eigenvalue weighted by Crippen LogP contribution is 2.32. The van der Waals surface area contributed by atoms with Crippen LogP contribution in [0.4, 0.5) is 5.69 Å². The van der Waals surface area contributed by atoms with E-state index in [1.807, 2.05) is 25.1 Å². The number of rotatable bonds is 9. The largest absolute Gasteiger partial charge is 0.394 e. The molecule has 4 rings (SSSR count). The summed E-state index contributed by atoms with van der Waals surface area (Å²) in [6.07, 6.45) is 0.181. The van der Waals surface area contributed by atoms with E-state index in [2.05, 4.69) is 15.6 Å². The number of carbonyl (C=O) groups is 1. The lowest BCUT2D eigenvalue weighted by Crippen LogP contribution is -2.50. The van der Waals surface area contributed by atoms with Crippen LogP contribution in [-0.4, -0.2) is 78.3 Å². The summed E-state index contributed by atoms with van der Waals surface area (Å²) in [6.45, 7) is 2.29. The molecule has 0 radical (unpaired) electrons. The maximum Gasteiger partial charge on any atom is 0.253 e. The van der Waals surface area contributed by atoms with E-state index in [0.717, 1.165) is 22.4 Å². The molecule has 0 unspecified atom stereocenters. The lowest BCUT2D eigenvalue weighted by Gasteiger charge is -2.34. The summed E-state index contributed by atoms with van der Waals surface area (Å²) >= 11 is 5.95. The summed E-state index contributed by atoms with van der Waals surface area (Å²) in [5.41, 5.74) is 2.48. The van der Waals surface area contributed by atoms with Gasteiger partial charge in [-0.1, -0.05) is 17.7 Å². The van der Waals surface area contributed by atoms with E-state index in [0.29, 0.717) is 30.1 Å². The number of aliphatic imine (C=N–C) groups is 1. The Morgan fingerprint density at radius 3 is 2.53 bits per heavy atom. The highest BCUT2D eigenvalue weighted by atomic mass is 35.5. The number of amidine groups is 1. The molecule has 4 N–H and O–H groups in total. The van der Waals surface area contributed by atoms with Crippen molar-refractivity contribution in [2.75, 3.05) is 37.3 Å². The number of amides is 1. The van der Waals surface area contributed by atoms with Crippen LogP contribution >= 0.6 is 11.6 Å². The Bertz CT molecular complexity index is 1240. The van der Waals surface area contributed by atoms with E-state index in [1.165, 1.54) is 4.31 Å². The first-order valence-corrected chi connectivity index (χ1v) is 13.9. The van der Waals surface area contributed by atoms with Gasteiger partial charge in [-0.2, -0.15) is 0 Å². The second-order valence-electron chi connectivity index (χ2n) is 9.28. The number of aliphatic hydroxyl groups excluding tert-OH is 2. The third kappa shape index (κ3) is 5.90. The Labute approximate surface area is 216 Å². The zero-order valence-electron chi connectivity index (χ0n) is 20.1. The summed E-state index contributed by atoms with van der Waals surface area (Å²) < 4.78 is 27.6. The fourth-order valence-corrected chi connectivity index (χ4v) is 6.09. The molecule has 0 aromatic heterocycles. The first-order chi connectivity index (χ1) is 17.1. The van der Waals surface area contributed by atoms with Gasteiger partial charge < -0.3 is 20.8 Å². The molecular formula is C25H31ClN4O5S. The van der Waals surface area contributed by atoms with Crippen molar-refractivity contribution in [3.8, 4) is 0 Å². The predicted octanol–water partition coefficient (Wildman–Crippen LogP) is 1.70. The molecule has 11 heteroatoms. The number of anilines is 1. The van der Waals surface area contributed by atoms with Crippen LogP contribution in [0.25, 0.3) is 0 Å². The molecule has 1 atom stereocenters. The number of benzene rings is 2. The monoisotopic (exact) mass is 534 g/mol. The van der Waals surface area contributed by atoms with Crippen LogP contribution in [0.1, 0.15) is 29.5 Å². The predicted molar refractivity (Wildman–Crippen MR) is 140 cm³/mol. The minimum atomic E-state index is -3.51. The smallest absolute Gasteiger partial charge is 0.253 e. The number of carbonyl (C=O) groups excluding carboxylic acids is 1. The molecule has 1 saturated heterocycles. The van der Waals surface area contributed by atoms with E-state index in [4.69, 9.17) is 16.7 Å². The Kier molecular flexibility index (Phi) is 8.01. The zero-order valence-corrected chi connectivity index (χ0v) is 21.6. The van der Waals surface area contributed by atoms with Gasteiger partial charge in [0, 0.05) is 35.9 Å². The van der Waals surface area contributed by atoms with Gasteiger partial charge in [-0.3, -0.25) is 9.79 Å². The van der Waals surface area contributed by atoms with Crippen molar-refractivity contribution >= 4 is 39.1 Å². The van der Waals surface area contributed by atoms with Crippen LogP contribution < -0.4 is 10.6 Å². The van der Waals surface area contributed by atoms with Crippen molar-refractivity contribution in [2.45, 2.75) is 37.8 Å². The SMILES string of the molecule is Cc1cc(NC[C@H](O)CO)ccc1CCS(=O)(=O)N1CCC2(CC1)N=C(c1ccc(Cl)cc1)NC2=O. The van der Waals surface area contributed by atoms with Crippen molar-refractivity contribution in [1.82, 2.24) is 9.62 Å². The number of halogens is 1. The number of aliphatic hydroxyl groups is 2. The number of hydrogen-bond donors (Lipinski definition) is 4. The topological polar surface area (TPSA) is 131 Å². The fraction of sp³-hybridized carbons (Fsp3) is 0.440. The molecular weight excluding hydrogens is 504 g/mol. The summed E-state index contributed by atoms with van der Waals surface area (Å²) in [5, 5.41) is 24.9. The lowest BCUT2D eigenvalue weighted by molar-refractivity contribution is -0.124. The van der Waals surface area contributed by atoms with E-state index >= 15 is 0 Å². The van der Waals surface area contributed by atoms with Gasteiger partial charge in [0.25, 0.3) is 5.91 Å². The molecule has 2 heterocycles. The van der Waals surface area contributed by atoms with Gasteiger partial charge >= 0.3 is 0 Å². The molecule has 0 bridgehead atoms. The highest BCUT2D eigenvalue weighted by Gasteiger charge is 2.47. The molecule has 1 amide bonds. The van der Waals surface area contributed by atoms with Crippen molar-refractivity contribution in [2.24, 2.45) is 4.99 Å². The number of nitrogens with zero attached hydrogens (tertiary/aromatic N) is 2. The zero-order chi connectivity index (χ0) is 25.9. The molecule has 2 aliphatic rings. The fourth-order valence-electron chi connectivity index (χ4n) is 4.49. The summed E-state index contributed by atoms with van der Waals surface area (Å²) in [7, 11) is -3.51. The summed E-state index contributed by atoms with van der Waals surface area (Å²) in [6, 6.07) is 12.7. The minimum absolute atomic E-state index is 0.0255. The Hall–Kier alpha value is -2.50. The molecule has 194 valence electrons. The third-order valence-electron chi connectivity index (χ3n) is 6.77. The van der Waals surface area contributed by atoms with Crippen LogP contribution in [0.2, 0.25) is 5.02 Å². The molecule has 0 saturated carbocycles. The van der Waals surface area contributed by atoms with Gasteiger partial charge in [-0.15, -0.1) is 0 Å². The normalized spacial score (nSPS) is 18.7. The number of aryl methyl sites for hydroxylation is 2. The Balaban J connectivity index is 1.35. The highest BCUT2D eigenvalue weighted by molar-refractivity contribution is 7.89. The number of piperidine rings is 1. The van der Waals surface area contributed by atoms with Gasteiger partial charge in [0.15, 0.2) is 0 Å². The molecule has 36 heavy (non-hydrogen) atoms. The summed E-state index contributed by atoms with van der Waals surface area (Å²) in [4.78, 5) is 17.5. The van der Waals surface area contributed by atoms with Gasteiger partial charge in [-0.05, 0) is 73.7 Å². The van der Waals surface area contributed by atoms with Crippen LogP contribution in [0.3, 0.4) is 0 Å². The van der Waals surface area contributed by atoms with Crippen LogP contribution in [-0.2, 0) is 21.2 Å². The molecule has 2 aromatic rings. The van der Waals surface area contributed by atoms with Gasteiger partial charge in [0.2, 0.25) is 10.0 Å². The molecule has 2 aliphatic heterocycles. The van der Waals surface area contributed by atoms with Crippen LogP contribution in [0.15, 0.2) is 47.5 Å². The first kappa shape index (κ1) is 26.6. The van der Waals surface area contributed by atoms with E-state index in [-0.39, 0.29) is 37.9 Å². The first-order valence-electron chi connectivity index (χ1n) is 11.9. The van der Waals surface area contributed by atoms with Crippen molar-refractivity contribution in [1.29, 1.82) is 0 Å². The maximum absolute atomic E-state index is 13.1. The lowest BCUT2D eigenvalue weighted by atomic mass is 9.89. The average Bonchev–Trinajstić information content (AvgIpc) is 3.17. The van der Waals surface area contributed by atoms with Crippen LogP contribution in [0, 0.1) is 6.92 Å².